The number of hydrogen-bond donors (Lipinski definition) is 0. The fourth-order valence-corrected chi connectivity index (χ4v) is 7.61. The maximum absolute atomic E-state index is 12.7. The Labute approximate surface area is 384 Å². The summed E-state index contributed by atoms with van der Waals surface area (Å²) in [5.74, 6) is -0.868. The van der Waals surface area contributed by atoms with E-state index in [0.717, 1.165) is 83.5 Å². The monoisotopic (exact) mass is 869 g/mol. The molecular formula is C56H100O6. The quantitative estimate of drug-likeness (QED) is 0.0262. The summed E-state index contributed by atoms with van der Waals surface area (Å²) in [6.45, 7) is 6.52. The number of unbranched alkanes of at least 4 members (excludes halogenated alkanes) is 29. The van der Waals surface area contributed by atoms with Gasteiger partial charge in [0.05, 0.1) is 0 Å². The summed E-state index contributed by atoms with van der Waals surface area (Å²) >= 11 is 0. The van der Waals surface area contributed by atoms with E-state index in [1.54, 1.807) is 0 Å². The van der Waals surface area contributed by atoms with Crippen molar-refractivity contribution in [3.63, 3.8) is 0 Å². The molecule has 0 heterocycles. The minimum atomic E-state index is -0.768. The standard InChI is InChI=1S/C56H100O6/c1-4-7-10-13-16-19-22-23-24-25-26-27-28-29-30-31-32-33-35-37-40-43-46-49-55(58)61-52-53(51-60-54(57)48-45-42-39-36-21-18-15-12-9-6-3)62-56(59)50-47-44-41-38-34-20-17-14-11-8-5-2/h7,10,16,19,23-24,26-27,53H,4-6,8-9,11-15,17-18,20-22,25,28-52H2,1-3H3/b10-7-,19-16-,24-23-,27-26-. The molecule has 0 aliphatic carbocycles. The molecule has 0 aromatic rings. The first-order valence-electron chi connectivity index (χ1n) is 26.6. The van der Waals surface area contributed by atoms with Gasteiger partial charge in [0.2, 0.25) is 0 Å². The van der Waals surface area contributed by atoms with Gasteiger partial charge in [-0.15, -0.1) is 0 Å². The zero-order valence-electron chi connectivity index (χ0n) is 41.1. The van der Waals surface area contributed by atoms with E-state index in [0.29, 0.717) is 19.3 Å². The maximum Gasteiger partial charge on any atom is 0.306 e. The molecule has 0 aliphatic heterocycles. The van der Waals surface area contributed by atoms with Crippen molar-refractivity contribution < 1.29 is 28.6 Å². The van der Waals surface area contributed by atoms with Crippen LogP contribution in [0.4, 0.5) is 0 Å². The smallest absolute Gasteiger partial charge is 0.306 e. The zero-order valence-corrected chi connectivity index (χ0v) is 41.1. The minimum absolute atomic E-state index is 0.0703. The lowest BCUT2D eigenvalue weighted by Crippen LogP contribution is -2.30. The highest BCUT2D eigenvalue weighted by atomic mass is 16.6. The van der Waals surface area contributed by atoms with Crippen LogP contribution in [0.5, 0.6) is 0 Å². The van der Waals surface area contributed by atoms with E-state index < -0.39 is 6.10 Å². The van der Waals surface area contributed by atoms with E-state index in [2.05, 4.69) is 69.4 Å². The van der Waals surface area contributed by atoms with Gasteiger partial charge in [-0.05, 0) is 57.8 Å². The predicted octanol–water partition coefficient (Wildman–Crippen LogP) is 17.5. The molecule has 62 heavy (non-hydrogen) atoms. The number of ether oxygens (including phenoxy) is 3. The summed E-state index contributed by atoms with van der Waals surface area (Å²) in [7, 11) is 0. The lowest BCUT2D eigenvalue weighted by atomic mass is 10.0. The SMILES string of the molecule is CC/C=C\C/C=C\C/C=C\C/C=C\CCCCCCCCCCCCC(=O)OCC(COC(=O)CCCCCCCCCCCC)OC(=O)CCCCCCCCCCCCC. The Hall–Kier alpha value is -2.63. The van der Waals surface area contributed by atoms with Crippen LogP contribution in [0.25, 0.3) is 0 Å². The molecule has 360 valence electrons. The van der Waals surface area contributed by atoms with E-state index in [9.17, 15) is 14.4 Å². The van der Waals surface area contributed by atoms with Crippen molar-refractivity contribution in [3.05, 3.63) is 48.6 Å². The fourth-order valence-electron chi connectivity index (χ4n) is 7.61. The average Bonchev–Trinajstić information content (AvgIpc) is 3.27. The molecule has 0 aliphatic rings. The van der Waals surface area contributed by atoms with Crippen LogP contribution in [-0.2, 0) is 28.6 Å². The van der Waals surface area contributed by atoms with E-state index in [1.807, 2.05) is 0 Å². The van der Waals surface area contributed by atoms with E-state index >= 15 is 0 Å². The molecule has 0 saturated carbocycles. The second kappa shape index (κ2) is 51.0. The van der Waals surface area contributed by atoms with Gasteiger partial charge in [-0.25, -0.2) is 0 Å². The van der Waals surface area contributed by atoms with E-state index in [4.69, 9.17) is 14.2 Å². The highest BCUT2D eigenvalue weighted by Gasteiger charge is 2.19. The van der Waals surface area contributed by atoms with Crippen molar-refractivity contribution in [3.8, 4) is 0 Å². The molecule has 6 heteroatoms. The lowest BCUT2D eigenvalue weighted by molar-refractivity contribution is -0.167. The Bertz CT molecular complexity index is 1090. The van der Waals surface area contributed by atoms with Crippen molar-refractivity contribution in [2.75, 3.05) is 13.2 Å². The van der Waals surface area contributed by atoms with Crippen molar-refractivity contribution in [1.29, 1.82) is 0 Å². The Morgan fingerprint density at radius 2 is 0.629 bits per heavy atom. The van der Waals surface area contributed by atoms with Gasteiger partial charge in [0.1, 0.15) is 13.2 Å². The van der Waals surface area contributed by atoms with Crippen LogP contribution in [0.3, 0.4) is 0 Å². The number of carbonyl (C=O) groups is 3. The van der Waals surface area contributed by atoms with Crippen LogP contribution < -0.4 is 0 Å². The van der Waals surface area contributed by atoms with Crippen LogP contribution >= 0.6 is 0 Å². The van der Waals surface area contributed by atoms with Crippen molar-refractivity contribution >= 4 is 17.9 Å². The van der Waals surface area contributed by atoms with Gasteiger partial charge < -0.3 is 14.2 Å². The van der Waals surface area contributed by atoms with Gasteiger partial charge >= 0.3 is 17.9 Å². The second-order valence-corrected chi connectivity index (χ2v) is 17.8. The van der Waals surface area contributed by atoms with Crippen LogP contribution in [-0.4, -0.2) is 37.2 Å². The molecular weight excluding hydrogens is 769 g/mol. The summed E-state index contributed by atoms with van der Waals surface area (Å²) in [5.41, 5.74) is 0. The second-order valence-electron chi connectivity index (χ2n) is 17.8. The molecule has 6 nitrogen and oxygen atoms in total. The molecule has 0 radical (unpaired) electrons. The number of allylic oxidation sites excluding steroid dienone is 8. The van der Waals surface area contributed by atoms with Gasteiger partial charge in [-0.2, -0.15) is 0 Å². The first-order valence-corrected chi connectivity index (χ1v) is 26.6. The molecule has 0 amide bonds. The van der Waals surface area contributed by atoms with Crippen LogP contribution in [0.2, 0.25) is 0 Å². The summed E-state index contributed by atoms with van der Waals surface area (Å²) in [4.78, 5) is 37.9. The first kappa shape index (κ1) is 59.4. The molecule has 0 fully saturated rings. The third kappa shape index (κ3) is 48.4. The van der Waals surface area contributed by atoms with Gasteiger partial charge in [-0.1, -0.05) is 243 Å². The molecule has 0 saturated heterocycles. The van der Waals surface area contributed by atoms with Crippen LogP contribution in [0.15, 0.2) is 48.6 Å². The van der Waals surface area contributed by atoms with Crippen LogP contribution in [0.1, 0.15) is 271 Å². The normalized spacial score (nSPS) is 12.4. The Kier molecular flexibility index (Phi) is 48.8. The Balaban J connectivity index is 4.21. The fraction of sp³-hybridized carbons (Fsp3) is 0.804. The Morgan fingerprint density at radius 1 is 0.339 bits per heavy atom. The summed E-state index contributed by atoms with van der Waals surface area (Å²) in [6, 6.07) is 0. The molecule has 0 spiro atoms. The zero-order chi connectivity index (χ0) is 45.1. The molecule has 0 bridgehead atoms. The molecule has 0 rings (SSSR count). The lowest BCUT2D eigenvalue weighted by Gasteiger charge is -2.18. The molecule has 0 N–H and O–H groups in total. The summed E-state index contributed by atoms with van der Waals surface area (Å²) in [5, 5.41) is 0. The number of rotatable bonds is 48. The van der Waals surface area contributed by atoms with Crippen LogP contribution in [0, 0.1) is 0 Å². The van der Waals surface area contributed by atoms with E-state index in [1.165, 1.54) is 148 Å². The van der Waals surface area contributed by atoms with Crippen molar-refractivity contribution in [2.45, 2.75) is 277 Å². The molecule has 0 aromatic carbocycles. The third-order valence-corrected chi connectivity index (χ3v) is 11.6. The minimum Gasteiger partial charge on any atom is -0.462 e. The van der Waals surface area contributed by atoms with Gasteiger partial charge in [0, 0.05) is 19.3 Å². The third-order valence-electron chi connectivity index (χ3n) is 11.6. The van der Waals surface area contributed by atoms with Crippen molar-refractivity contribution in [2.24, 2.45) is 0 Å². The molecule has 0 aromatic heterocycles. The topological polar surface area (TPSA) is 78.9 Å². The molecule has 1 unspecified atom stereocenters. The number of hydrogen-bond acceptors (Lipinski definition) is 6. The van der Waals surface area contributed by atoms with Gasteiger partial charge in [-0.3, -0.25) is 14.4 Å². The van der Waals surface area contributed by atoms with Crippen molar-refractivity contribution in [1.82, 2.24) is 0 Å². The highest BCUT2D eigenvalue weighted by Crippen LogP contribution is 2.16. The van der Waals surface area contributed by atoms with Gasteiger partial charge in [0.25, 0.3) is 0 Å². The summed E-state index contributed by atoms with van der Waals surface area (Å²) in [6.07, 6.45) is 61.0. The average molecular weight is 869 g/mol. The van der Waals surface area contributed by atoms with Gasteiger partial charge in [0.15, 0.2) is 6.10 Å². The first-order chi connectivity index (χ1) is 30.5. The highest BCUT2D eigenvalue weighted by molar-refractivity contribution is 5.71. The van der Waals surface area contributed by atoms with E-state index in [-0.39, 0.29) is 31.1 Å². The number of esters is 3. The molecule has 1 atom stereocenters. The summed E-state index contributed by atoms with van der Waals surface area (Å²) < 4.78 is 16.8. The maximum atomic E-state index is 12.7. The predicted molar refractivity (Wildman–Crippen MR) is 265 cm³/mol. The Morgan fingerprint density at radius 3 is 0.984 bits per heavy atom. The largest absolute Gasteiger partial charge is 0.462 e. The number of carbonyl (C=O) groups excluding carboxylic acids is 3.